The van der Waals surface area contributed by atoms with Crippen molar-refractivity contribution >= 4 is 29.5 Å². The minimum Gasteiger partial charge on any atom is -0.354 e. The van der Waals surface area contributed by atoms with Gasteiger partial charge in [0.1, 0.15) is 0 Å². The van der Waals surface area contributed by atoms with Crippen LogP contribution in [0.5, 0.6) is 0 Å². The summed E-state index contributed by atoms with van der Waals surface area (Å²) in [5.41, 5.74) is 0. The fourth-order valence-corrected chi connectivity index (χ4v) is 2.77. The van der Waals surface area contributed by atoms with E-state index in [4.69, 9.17) is 0 Å². The lowest BCUT2D eigenvalue weighted by atomic mass is 10.1. The highest BCUT2D eigenvalue weighted by atomic mass is 16.2. The molecule has 0 bridgehead atoms. The first kappa shape index (κ1) is 25.3. The molecule has 30 heavy (non-hydrogen) atoms. The first-order chi connectivity index (χ1) is 14.1. The molecule has 0 aromatic heterocycles. The molecule has 5 amide bonds. The minimum absolute atomic E-state index is 0.000208. The molecule has 0 atom stereocenters. The maximum absolute atomic E-state index is 12.4. The molecule has 0 fully saturated rings. The van der Waals surface area contributed by atoms with Crippen LogP contribution in [0.3, 0.4) is 0 Å². The smallest absolute Gasteiger partial charge is 0.253 e. The van der Waals surface area contributed by atoms with E-state index in [0.29, 0.717) is 18.9 Å². The van der Waals surface area contributed by atoms with Crippen LogP contribution in [-0.4, -0.2) is 72.1 Å². The van der Waals surface area contributed by atoms with Crippen molar-refractivity contribution < 1.29 is 24.0 Å². The van der Waals surface area contributed by atoms with Crippen LogP contribution in [0.15, 0.2) is 12.2 Å². The van der Waals surface area contributed by atoms with Crippen LogP contribution in [-0.2, 0) is 24.0 Å². The molecule has 0 saturated heterocycles. The number of imide groups is 1. The number of hydrogen-bond donors (Lipinski definition) is 2. The first-order valence-corrected chi connectivity index (χ1v) is 10.4. The van der Waals surface area contributed by atoms with E-state index in [1.807, 2.05) is 13.8 Å². The molecule has 2 N–H and O–H groups in total. The number of nitrogens with one attached hydrogen (secondary N) is 2. The SMILES string of the molecule is CC(C)CCN(CC(=O)NCCNC(=O)CCN1C(=O)C=CC1=O)C(=O)CC(C)C. The molecular formula is C21H34N4O5. The van der Waals surface area contributed by atoms with Gasteiger partial charge in [0.2, 0.25) is 17.7 Å². The van der Waals surface area contributed by atoms with Gasteiger partial charge in [0.15, 0.2) is 0 Å². The lowest BCUT2D eigenvalue weighted by Gasteiger charge is -2.24. The minimum atomic E-state index is -0.422. The van der Waals surface area contributed by atoms with Crippen LogP contribution < -0.4 is 10.6 Å². The molecule has 0 radical (unpaired) electrons. The van der Waals surface area contributed by atoms with Gasteiger partial charge < -0.3 is 15.5 Å². The summed E-state index contributed by atoms with van der Waals surface area (Å²) in [5.74, 6) is -0.816. The largest absolute Gasteiger partial charge is 0.354 e. The van der Waals surface area contributed by atoms with Crippen molar-refractivity contribution in [1.82, 2.24) is 20.4 Å². The van der Waals surface area contributed by atoms with Crippen molar-refractivity contribution in [2.45, 2.75) is 47.0 Å². The maximum atomic E-state index is 12.4. The zero-order valence-electron chi connectivity index (χ0n) is 18.4. The van der Waals surface area contributed by atoms with Gasteiger partial charge in [-0.1, -0.05) is 27.7 Å². The summed E-state index contributed by atoms with van der Waals surface area (Å²) in [7, 11) is 0. The molecule has 1 rings (SSSR count). The van der Waals surface area contributed by atoms with Crippen molar-refractivity contribution in [1.29, 1.82) is 0 Å². The standard InChI is InChI=1S/C21H34N4O5/c1-15(2)7-11-24(21(30)13-16(3)4)14-18(27)23-10-9-22-17(26)8-12-25-19(28)5-6-20(25)29/h5-6,15-16H,7-14H2,1-4H3,(H,22,26)(H,23,27). The Kier molecular flexibility index (Phi) is 10.8. The third-order valence-corrected chi connectivity index (χ3v) is 4.48. The average Bonchev–Trinajstić information content (AvgIpc) is 2.97. The van der Waals surface area contributed by atoms with Crippen molar-refractivity contribution in [2.24, 2.45) is 11.8 Å². The van der Waals surface area contributed by atoms with Crippen LogP contribution in [0.1, 0.15) is 47.0 Å². The molecule has 1 aliphatic heterocycles. The fourth-order valence-electron chi connectivity index (χ4n) is 2.77. The third kappa shape index (κ3) is 9.67. The Balaban J connectivity index is 2.30. The normalized spacial score (nSPS) is 13.3. The Morgan fingerprint density at radius 2 is 1.50 bits per heavy atom. The molecule has 1 heterocycles. The molecule has 0 unspecified atom stereocenters. The van der Waals surface area contributed by atoms with E-state index in [2.05, 4.69) is 24.5 Å². The molecule has 0 aliphatic carbocycles. The quantitative estimate of drug-likeness (QED) is 0.330. The molecule has 9 heteroatoms. The van der Waals surface area contributed by atoms with Crippen LogP contribution in [0.2, 0.25) is 0 Å². The predicted octanol–water partition coefficient (Wildman–Crippen LogP) is 0.455. The van der Waals surface area contributed by atoms with Crippen molar-refractivity contribution in [3.8, 4) is 0 Å². The Hall–Kier alpha value is -2.71. The molecule has 0 aromatic rings. The summed E-state index contributed by atoms with van der Waals surface area (Å²) in [5, 5.41) is 5.33. The Morgan fingerprint density at radius 3 is 2.03 bits per heavy atom. The first-order valence-electron chi connectivity index (χ1n) is 10.4. The monoisotopic (exact) mass is 422 g/mol. The zero-order valence-corrected chi connectivity index (χ0v) is 18.4. The van der Waals surface area contributed by atoms with Crippen LogP contribution in [0.4, 0.5) is 0 Å². The number of amides is 5. The van der Waals surface area contributed by atoms with Gasteiger partial charge in [-0.3, -0.25) is 28.9 Å². The number of nitrogens with zero attached hydrogens (tertiary/aromatic N) is 2. The average molecular weight is 423 g/mol. The van der Waals surface area contributed by atoms with Gasteiger partial charge in [-0.05, 0) is 18.3 Å². The van der Waals surface area contributed by atoms with E-state index < -0.39 is 11.8 Å². The van der Waals surface area contributed by atoms with E-state index in [9.17, 15) is 24.0 Å². The third-order valence-electron chi connectivity index (χ3n) is 4.48. The lowest BCUT2D eigenvalue weighted by molar-refractivity contribution is -0.137. The molecule has 9 nitrogen and oxygen atoms in total. The molecular weight excluding hydrogens is 388 g/mol. The van der Waals surface area contributed by atoms with Crippen LogP contribution in [0.25, 0.3) is 0 Å². The topological polar surface area (TPSA) is 116 Å². The zero-order chi connectivity index (χ0) is 22.7. The summed E-state index contributed by atoms with van der Waals surface area (Å²) in [6, 6.07) is 0. The van der Waals surface area contributed by atoms with Crippen molar-refractivity contribution in [2.75, 3.05) is 32.7 Å². The molecule has 168 valence electrons. The summed E-state index contributed by atoms with van der Waals surface area (Å²) in [6.45, 7) is 9.07. The highest BCUT2D eigenvalue weighted by Crippen LogP contribution is 2.08. The van der Waals surface area contributed by atoms with Crippen LogP contribution in [0, 0.1) is 11.8 Å². The molecule has 0 aromatic carbocycles. The van der Waals surface area contributed by atoms with Crippen molar-refractivity contribution in [3.05, 3.63) is 12.2 Å². The Morgan fingerprint density at radius 1 is 0.933 bits per heavy atom. The highest BCUT2D eigenvalue weighted by Gasteiger charge is 2.23. The summed E-state index contributed by atoms with van der Waals surface area (Å²) in [4.78, 5) is 61.8. The second kappa shape index (κ2) is 12.8. The van der Waals surface area contributed by atoms with E-state index in [0.717, 1.165) is 11.3 Å². The van der Waals surface area contributed by atoms with E-state index in [1.54, 1.807) is 4.90 Å². The second-order valence-electron chi connectivity index (χ2n) is 8.21. The lowest BCUT2D eigenvalue weighted by Crippen LogP contribution is -2.44. The summed E-state index contributed by atoms with van der Waals surface area (Å²) < 4.78 is 0. The van der Waals surface area contributed by atoms with Gasteiger partial charge >= 0.3 is 0 Å². The van der Waals surface area contributed by atoms with Gasteiger partial charge in [0.25, 0.3) is 11.8 Å². The van der Waals surface area contributed by atoms with Gasteiger partial charge in [-0.2, -0.15) is 0 Å². The van der Waals surface area contributed by atoms with Gasteiger partial charge in [-0.25, -0.2) is 0 Å². The predicted molar refractivity (Wildman–Crippen MR) is 112 cm³/mol. The summed E-state index contributed by atoms with van der Waals surface area (Å²) in [6.07, 6.45) is 3.57. The Bertz CT molecular complexity index is 654. The number of carbonyl (C=O) groups is 5. The van der Waals surface area contributed by atoms with Crippen molar-refractivity contribution in [3.63, 3.8) is 0 Å². The number of carbonyl (C=O) groups excluding carboxylic acids is 5. The van der Waals surface area contributed by atoms with Crippen LogP contribution >= 0.6 is 0 Å². The number of hydrogen-bond acceptors (Lipinski definition) is 5. The van der Waals surface area contributed by atoms with E-state index in [-0.39, 0.29) is 56.2 Å². The molecule has 1 aliphatic rings. The number of rotatable bonds is 13. The van der Waals surface area contributed by atoms with E-state index >= 15 is 0 Å². The highest BCUT2D eigenvalue weighted by molar-refractivity contribution is 6.13. The second-order valence-corrected chi connectivity index (χ2v) is 8.21. The van der Waals surface area contributed by atoms with Gasteiger partial charge in [0.05, 0.1) is 6.54 Å². The van der Waals surface area contributed by atoms with Gasteiger partial charge in [0, 0.05) is 51.2 Å². The molecule has 0 saturated carbocycles. The Labute approximate surface area is 178 Å². The maximum Gasteiger partial charge on any atom is 0.253 e. The fraction of sp³-hybridized carbons (Fsp3) is 0.667. The van der Waals surface area contributed by atoms with Gasteiger partial charge in [-0.15, -0.1) is 0 Å². The van der Waals surface area contributed by atoms with E-state index in [1.165, 1.54) is 12.2 Å². The summed E-state index contributed by atoms with van der Waals surface area (Å²) >= 11 is 0. The molecule has 0 spiro atoms.